The van der Waals surface area contributed by atoms with Gasteiger partial charge >= 0.3 is 5.97 Å². The quantitative estimate of drug-likeness (QED) is 0.361. The highest BCUT2D eigenvalue weighted by atomic mass is 79.9. The summed E-state index contributed by atoms with van der Waals surface area (Å²) in [6, 6.07) is 0. The van der Waals surface area contributed by atoms with Crippen molar-refractivity contribution in [3.8, 4) is 0 Å². The van der Waals surface area contributed by atoms with E-state index in [-0.39, 0.29) is 17.1 Å². The third-order valence-electron chi connectivity index (χ3n) is 4.87. The van der Waals surface area contributed by atoms with Crippen LogP contribution in [0.4, 0.5) is 0 Å². The van der Waals surface area contributed by atoms with Gasteiger partial charge in [-0.05, 0) is 38.2 Å². The fourth-order valence-corrected chi connectivity index (χ4v) is 4.78. The first-order chi connectivity index (χ1) is 10.1. The molecule has 0 radical (unpaired) electrons. The van der Waals surface area contributed by atoms with Crippen molar-refractivity contribution in [3.63, 3.8) is 0 Å². The molecule has 0 aromatic carbocycles. The minimum absolute atomic E-state index is 0.110. The van der Waals surface area contributed by atoms with Crippen LogP contribution in [-0.4, -0.2) is 45.7 Å². The van der Waals surface area contributed by atoms with Crippen molar-refractivity contribution in [2.45, 2.75) is 75.5 Å². The van der Waals surface area contributed by atoms with Gasteiger partial charge in [-0.3, -0.25) is 4.79 Å². The van der Waals surface area contributed by atoms with Gasteiger partial charge in [0.2, 0.25) is 8.32 Å². The summed E-state index contributed by atoms with van der Waals surface area (Å²) < 4.78 is 17.2. The summed E-state index contributed by atoms with van der Waals surface area (Å²) in [7, 11) is -3.96. The Morgan fingerprint density at radius 1 is 1.35 bits per heavy atom. The monoisotopic (exact) mass is 422 g/mol. The van der Waals surface area contributed by atoms with E-state index in [1.54, 1.807) is 6.92 Å². The van der Waals surface area contributed by atoms with E-state index in [2.05, 4.69) is 69.5 Å². The van der Waals surface area contributed by atoms with Gasteiger partial charge in [0.05, 0.1) is 6.61 Å². The first-order valence-corrected chi connectivity index (χ1v) is 14.7. The summed E-state index contributed by atoms with van der Waals surface area (Å²) in [5, 5.41) is 0.110. The Kier molecular flexibility index (Phi) is 6.18. The number of carbonyl (C=O) groups excluding carboxylic acids is 1. The highest BCUT2D eigenvalue weighted by molar-refractivity contribution is 9.10. The van der Waals surface area contributed by atoms with Gasteiger partial charge < -0.3 is 13.6 Å². The standard InChI is InChI=1S/C16H31BrO4Si2/c1-10-22(6,7)21-13-12(20-14(18)16(13,5)17)11-19-23(8,9)15(2,3)4/h10,12-13H,1,11H2,2-9H3/t12-,13-,16?/m1/s1. The average Bonchev–Trinajstić information content (AvgIpc) is 2.58. The number of rotatable bonds is 6. The highest BCUT2D eigenvalue weighted by Crippen LogP contribution is 2.40. The molecule has 1 heterocycles. The number of esters is 1. The normalized spacial score (nSPS) is 29.5. The van der Waals surface area contributed by atoms with Crippen molar-refractivity contribution in [3.05, 3.63) is 12.3 Å². The number of ether oxygens (including phenoxy) is 1. The lowest BCUT2D eigenvalue weighted by Gasteiger charge is -2.38. The van der Waals surface area contributed by atoms with Crippen LogP contribution in [0.1, 0.15) is 27.7 Å². The number of cyclic esters (lactones) is 1. The van der Waals surface area contributed by atoms with E-state index in [9.17, 15) is 4.79 Å². The molecular weight excluding hydrogens is 392 g/mol. The number of alkyl halides is 1. The van der Waals surface area contributed by atoms with Gasteiger partial charge in [0.1, 0.15) is 10.4 Å². The molecule has 1 unspecified atom stereocenters. The van der Waals surface area contributed by atoms with E-state index >= 15 is 0 Å². The second-order valence-corrected chi connectivity index (χ2v) is 18.7. The van der Waals surface area contributed by atoms with E-state index in [0.29, 0.717) is 6.61 Å². The Hall–Kier alpha value is 0.0438. The lowest BCUT2D eigenvalue weighted by atomic mass is 10.0. The third kappa shape index (κ3) is 4.78. The van der Waals surface area contributed by atoms with Crippen LogP contribution in [0.5, 0.6) is 0 Å². The lowest BCUT2D eigenvalue weighted by Crippen LogP contribution is -2.49. The fraction of sp³-hybridized carbons (Fsp3) is 0.812. The van der Waals surface area contributed by atoms with Crippen LogP contribution < -0.4 is 0 Å². The molecular formula is C16H31BrO4Si2. The van der Waals surface area contributed by atoms with Crippen LogP contribution in [0.2, 0.25) is 31.2 Å². The zero-order valence-electron chi connectivity index (χ0n) is 15.7. The molecule has 0 aliphatic carbocycles. The van der Waals surface area contributed by atoms with Gasteiger partial charge in [0.15, 0.2) is 14.4 Å². The van der Waals surface area contributed by atoms with E-state index in [4.69, 9.17) is 13.6 Å². The van der Waals surface area contributed by atoms with Crippen molar-refractivity contribution in [2.75, 3.05) is 6.61 Å². The smallest absolute Gasteiger partial charge is 0.325 e. The maximum absolute atomic E-state index is 12.2. The molecule has 0 amide bonds. The van der Waals surface area contributed by atoms with Gasteiger partial charge in [-0.1, -0.05) is 42.4 Å². The summed E-state index contributed by atoms with van der Waals surface area (Å²) in [5.41, 5.74) is 1.87. The number of hydrogen-bond acceptors (Lipinski definition) is 4. The molecule has 1 aliphatic heterocycles. The number of hydrogen-bond donors (Lipinski definition) is 0. The number of carbonyl (C=O) groups is 1. The summed E-state index contributed by atoms with van der Waals surface area (Å²) >= 11 is 3.50. The van der Waals surface area contributed by atoms with E-state index < -0.39 is 27.1 Å². The zero-order chi connectivity index (χ0) is 18.3. The van der Waals surface area contributed by atoms with Crippen LogP contribution in [0.15, 0.2) is 12.3 Å². The van der Waals surface area contributed by atoms with Crippen LogP contribution in [-0.2, 0) is 18.4 Å². The molecule has 1 rings (SSSR count). The van der Waals surface area contributed by atoms with E-state index in [0.717, 1.165) is 0 Å². The van der Waals surface area contributed by atoms with Crippen LogP contribution in [0.3, 0.4) is 0 Å². The van der Waals surface area contributed by atoms with Gasteiger partial charge in [-0.15, -0.1) is 6.58 Å². The highest BCUT2D eigenvalue weighted by Gasteiger charge is 2.55. The molecule has 1 aliphatic rings. The largest absolute Gasteiger partial charge is 0.456 e. The molecule has 0 aromatic heterocycles. The topological polar surface area (TPSA) is 44.8 Å². The molecule has 3 atom stereocenters. The van der Waals surface area contributed by atoms with Crippen LogP contribution >= 0.6 is 15.9 Å². The first-order valence-electron chi connectivity index (χ1n) is 7.99. The first kappa shape index (κ1) is 21.1. The molecule has 1 saturated heterocycles. The molecule has 23 heavy (non-hydrogen) atoms. The maximum Gasteiger partial charge on any atom is 0.325 e. The van der Waals surface area contributed by atoms with Crippen molar-refractivity contribution in [1.82, 2.24) is 0 Å². The van der Waals surface area contributed by atoms with Gasteiger partial charge in [-0.2, -0.15) is 0 Å². The molecule has 4 nitrogen and oxygen atoms in total. The molecule has 0 saturated carbocycles. The van der Waals surface area contributed by atoms with Gasteiger partial charge in [-0.25, -0.2) is 0 Å². The second kappa shape index (κ2) is 6.74. The molecule has 0 bridgehead atoms. The minimum Gasteiger partial charge on any atom is -0.456 e. The van der Waals surface area contributed by atoms with Crippen molar-refractivity contribution >= 4 is 38.5 Å². The Labute approximate surface area is 151 Å². The Morgan fingerprint density at radius 3 is 2.30 bits per heavy atom. The fourth-order valence-electron chi connectivity index (χ4n) is 1.97. The molecule has 7 heteroatoms. The minimum atomic E-state index is -2.06. The molecule has 0 aromatic rings. The molecule has 0 spiro atoms. The predicted octanol–water partition coefficient (Wildman–Crippen LogP) is 4.40. The Morgan fingerprint density at radius 2 is 1.87 bits per heavy atom. The summed E-state index contributed by atoms with van der Waals surface area (Å²) in [6.07, 6.45) is -0.771. The van der Waals surface area contributed by atoms with E-state index in [1.807, 2.05) is 5.70 Å². The van der Waals surface area contributed by atoms with Crippen molar-refractivity contribution < 1.29 is 18.4 Å². The molecule has 1 fully saturated rings. The predicted molar refractivity (Wildman–Crippen MR) is 103 cm³/mol. The zero-order valence-corrected chi connectivity index (χ0v) is 19.2. The third-order valence-corrected chi connectivity index (χ3v) is 12.0. The summed E-state index contributed by atoms with van der Waals surface area (Å²) in [6.45, 7) is 21.1. The Bertz CT molecular complexity index is 469. The molecule has 134 valence electrons. The Balaban J connectivity index is 2.92. The SMILES string of the molecule is C=C[Si](C)(C)O[C@@H]1[C@@H](CO[Si](C)(C)C(C)(C)C)OC(=O)C1(C)Br. The van der Waals surface area contributed by atoms with Crippen LogP contribution in [0.25, 0.3) is 0 Å². The van der Waals surface area contributed by atoms with Gasteiger partial charge in [0.25, 0.3) is 0 Å². The van der Waals surface area contributed by atoms with Crippen molar-refractivity contribution in [1.29, 1.82) is 0 Å². The summed E-state index contributed by atoms with van der Waals surface area (Å²) in [5.74, 6) is -0.291. The average molecular weight is 423 g/mol. The summed E-state index contributed by atoms with van der Waals surface area (Å²) in [4.78, 5) is 12.2. The number of halogens is 1. The lowest BCUT2D eigenvalue weighted by molar-refractivity contribution is -0.144. The molecule has 0 N–H and O–H groups in total. The maximum atomic E-state index is 12.2. The van der Waals surface area contributed by atoms with Crippen molar-refractivity contribution in [2.24, 2.45) is 0 Å². The second-order valence-electron chi connectivity index (χ2n) is 8.44. The van der Waals surface area contributed by atoms with Gasteiger partial charge in [0, 0.05) is 0 Å². The van der Waals surface area contributed by atoms with E-state index in [1.165, 1.54) is 0 Å². The van der Waals surface area contributed by atoms with Crippen LogP contribution in [0, 0.1) is 0 Å².